The molecule has 0 N–H and O–H groups in total. The van der Waals surface area contributed by atoms with Crippen LogP contribution in [-0.2, 0) is 6.42 Å². The van der Waals surface area contributed by atoms with Crippen molar-refractivity contribution >= 4 is 5.97 Å². The molecule has 0 aliphatic carbocycles. The third kappa shape index (κ3) is 8.18. The number of carbonyl (C=O) groups is 1. The van der Waals surface area contributed by atoms with Crippen LogP contribution in [0.3, 0.4) is 0 Å². The summed E-state index contributed by atoms with van der Waals surface area (Å²) in [6.45, 7) is 4.73. The van der Waals surface area contributed by atoms with Crippen molar-refractivity contribution in [1.29, 1.82) is 0 Å². The van der Waals surface area contributed by atoms with Gasteiger partial charge in [0.05, 0.1) is 12.2 Å². The number of halogens is 2. The highest BCUT2D eigenvalue weighted by Crippen LogP contribution is 2.27. The van der Waals surface area contributed by atoms with Gasteiger partial charge in [0.15, 0.2) is 23.1 Å². The van der Waals surface area contributed by atoms with Crippen molar-refractivity contribution < 1.29 is 23.0 Å². The minimum Gasteiger partial charge on any atom is -0.491 e. The van der Waals surface area contributed by atoms with Crippen LogP contribution in [0.5, 0.6) is 11.5 Å². The number of ether oxygens (including phenoxy) is 2. The number of esters is 1. The average molecular weight is 495 g/mol. The molecule has 0 bridgehead atoms. The van der Waals surface area contributed by atoms with Crippen molar-refractivity contribution in [3.8, 4) is 22.6 Å². The van der Waals surface area contributed by atoms with E-state index in [4.69, 9.17) is 9.47 Å². The lowest BCUT2D eigenvalue weighted by Gasteiger charge is -2.10. The van der Waals surface area contributed by atoms with Crippen LogP contribution in [-0.4, -0.2) is 12.6 Å². The van der Waals surface area contributed by atoms with Gasteiger partial charge < -0.3 is 9.47 Å². The van der Waals surface area contributed by atoms with Gasteiger partial charge in [-0.3, -0.25) is 0 Å². The highest BCUT2D eigenvalue weighted by molar-refractivity contribution is 5.91. The van der Waals surface area contributed by atoms with E-state index >= 15 is 0 Å². The molecule has 3 aromatic carbocycles. The Kier molecular flexibility index (Phi) is 10.9. The molecular formula is C31H36F2O3. The minimum atomic E-state index is -0.649. The van der Waals surface area contributed by atoms with Crippen LogP contribution in [0.15, 0.2) is 60.7 Å². The fraction of sp³-hybridized carbons (Fsp3) is 0.387. The standard InChI is InChI=1S/C31H36F2O3/c1-3-5-6-7-8-9-10-20-35-29-19-17-26(22-28(29)33)24-13-15-25(16-14-24)31(34)36-30-18-12-23(11-4-2)21-27(30)32/h12-19,21-22H,3-11,20H2,1-2H3. The molecule has 3 aromatic rings. The van der Waals surface area contributed by atoms with Gasteiger partial charge in [-0.15, -0.1) is 0 Å². The summed E-state index contributed by atoms with van der Waals surface area (Å²) in [7, 11) is 0. The van der Waals surface area contributed by atoms with E-state index in [-0.39, 0.29) is 17.1 Å². The lowest BCUT2D eigenvalue weighted by molar-refractivity contribution is 0.0728. The molecule has 3 rings (SSSR count). The zero-order valence-electron chi connectivity index (χ0n) is 21.3. The molecule has 0 unspecified atom stereocenters. The van der Waals surface area contributed by atoms with Crippen molar-refractivity contribution in [2.24, 2.45) is 0 Å². The van der Waals surface area contributed by atoms with Crippen LogP contribution in [0, 0.1) is 11.6 Å². The molecule has 0 aliphatic rings. The highest BCUT2D eigenvalue weighted by atomic mass is 19.1. The number of aryl methyl sites for hydroxylation is 1. The topological polar surface area (TPSA) is 35.5 Å². The molecule has 192 valence electrons. The molecule has 36 heavy (non-hydrogen) atoms. The van der Waals surface area contributed by atoms with Crippen LogP contribution < -0.4 is 9.47 Å². The maximum absolute atomic E-state index is 14.6. The maximum atomic E-state index is 14.6. The van der Waals surface area contributed by atoms with Crippen LogP contribution in [0.25, 0.3) is 11.1 Å². The number of hydrogen-bond acceptors (Lipinski definition) is 3. The molecule has 0 atom stereocenters. The number of carbonyl (C=O) groups excluding carboxylic acids is 1. The first-order valence-electron chi connectivity index (χ1n) is 13.0. The Balaban J connectivity index is 1.53. The normalized spacial score (nSPS) is 10.9. The second-order valence-electron chi connectivity index (χ2n) is 9.10. The van der Waals surface area contributed by atoms with E-state index < -0.39 is 17.6 Å². The fourth-order valence-corrected chi connectivity index (χ4v) is 4.07. The van der Waals surface area contributed by atoms with Gasteiger partial charge in [-0.1, -0.05) is 83.1 Å². The highest BCUT2D eigenvalue weighted by Gasteiger charge is 2.13. The van der Waals surface area contributed by atoms with E-state index in [2.05, 4.69) is 6.92 Å². The van der Waals surface area contributed by atoms with E-state index in [1.165, 1.54) is 50.3 Å². The van der Waals surface area contributed by atoms with Crippen molar-refractivity contribution in [3.63, 3.8) is 0 Å². The summed E-state index contributed by atoms with van der Waals surface area (Å²) in [5.41, 5.74) is 2.57. The summed E-state index contributed by atoms with van der Waals surface area (Å²) >= 11 is 0. The second-order valence-corrected chi connectivity index (χ2v) is 9.10. The van der Waals surface area contributed by atoms with E-state index in [1.54, 1.807) is 42.5 Å². The van der Waals surface area contributed by atoms with Gasteiger partial charge in [0.25, 0.3) is 0 Å². The van der Waals surface area contributed by atoms with Crippen LogP contribution >= 0.6 is 0 Å². The average Bonchev–Trinajstić information content (AvgIpc) is 2.88. The first kappa shape index (κ1) is 27.4. The number of hydrogen-bond donors (Lipinski definition) is 0. The van der Waals surface area contributed by atoms with E-state index in [9.17, 15) is 13.6 Å². The second kappa shape index (κ2) is 14.4. The smallest absolute Gasteiger partial charge is 0.343 e. The molecule has 0 spiro atoms. The first-order chi connectivity index (χ1) is 17.5. The van der Waals surface area contributed by atoms with E-state index in [1.807, 2.05) is 6.92 Å². The summed E-state index contributed by atoms with van der Waals surface area (Å²) in [4.78, 5) is 12.5. The summed E-state index contributed by atoms with van der Waals surface area (Å²) in [6.07, 6.45) is 9.92. The predicted octanol–water partition coefficient (Wildman–Crippen LogP) is 8.93. The zero-order valence-corrected chi connectivity index (χ0v) is 21.3. The Hall–Kier alpha value is -3.21. The molecule has 0 saturated heterocycles. The lowest BCUT2D eigenvalue weighted by Crippen LogP contribution is -2.09. The third-order valence-electron chi connectivity index (χ3n) is 6.13. The van der Waals surface area contributed by atoms with Gasteiger partial charge in [0.2, 0.25) is 0 Å². The molecule has 0 heterocycles. The van der Waals surface area contributed by atoms with Gasteiger partial charge in [0, 0.05) is 0 Å². The summed E-state index contributed by atoms with van der Waals surface area (Å²) in [5.74, 6) is -1.48. The molecule has 0 aliphatic heterocycles. The van der Waals surface area contributed by atoms with Gasteiger partial charge in [-0.25, -0.2) is 13.6 Å². The molecule has 5 heteroatoms. The third-order valence-corrected chi connectivity index (χ3v) is 6.13. The molecule has 0 radical (unpaired) electrons. The van der Waals surface area contributed by atoms with Gasteiger partial charge in [0.1, 0.15) is 0 Å². The molecule has 0 amide bonds. The summed E-state index contributed by atoms with van der Waals surface area (Å²) in [5, 5.41) is 0. The van der Waals surface area contributed by atoms with Crippen LogP contribution in [0.4, 0.5) is 8.78 Å². The Bertz CT molecular complexity index is 1110. The van der Waals surface area contributed by atoms with Crippen LogP contribution in [0.2, 0.25) is 0 Å². The molecular weight excluding hydrogens is 458 g/mol. The largest absolute Gasteiger partial charge is 0.491 e. The molecule has 0 saturated carbocycles. The van der Waals surface area contributed by atoms with E-state index in [0.29, 0.717) is 12.2 Å². The van der Waals surface area contributed by atoms with Crippen molar-refractivity contribution in [2.45, 2.75) is 71.6 Å². The number of benzene rings is 3. The quantitative estimate of drug-likeness (QED) is 0.127. The Labute approximate surface area is 213 Å². The zero-order chi connectivity index (χ0) is 25.8. The van der Waals surface area contributed by atoms with Gasteiger partial charge >= 0.3 is 5.97 Å². The van der Waals surface area contributed by atoms with Gasteiger partial charge in [-0.05, 0) is 65.9 Å². The summed E-state index contributed by atoms with van der Waals surface area (Å²) in [6, 6.07) is 16.1. The van der Waals surface area contributed by atoms with Crippen molar-refractivity contribution in [1.82, 2.24) is 0 Å². The van der Waals surface area contributed by atoms with E-state index in [0.717, 1.165) is 36.8 Å². The monoisotopic (exact) mass is 494 g/mol. The maximum Gasteiger partial charge on any atom is 0.343 e. The number of unbranched alkanes of at least 4 members (excludes halogenated alkanes) is 6. The summed E-state index contributed by atoms with van der Waals surface area (Å²) < 4.78 is 39.7. The first-order valence-corrected chi connectivity index (χ1v) is 13.0. The van der Waals surface area contributed by atoms with Crippen LogP contribution in [0.1, 0.15) is 81.1 Å². The SMILES string of the molecule is CCCCCCCCCOc1ccc(-c2ccc(C(=O)Oc3ccc(CCC)cc3F)cc2)cc1F. The lowest BCUT2D eigenvalue weighted by atomic mass is 10.0. The molecule has 3 nitrogen and oxygen atoms in total. The molecule has 0 fully saturated rings. The fourth-order valence-electron chi connectivity index (χ4n) is 4.07. The Morgan fingerprint density at radius 2 is 1.33 bits per heavy atom. The van der Waals surface area contributed by atoms with Crippen molar-refractivity contribution in [3.05, 3.63) is 83.4 Å². The number of rotatable bonds is 14. The van der Waals surface area contributed by atoms with Crippen molar-refractivity contribution in [2.75, 3.05) is 6.61 Å². The predicted molar refractivity (Wildman–Crippen MR) is 141 cm³/mol. The Morgan fingerprint density at radius 1 is 0.694 bits per heavy atom. The molecule has 0 aromatic heterocycles. The van der Waals surface area contributed by atoms with Gasteiger partial charge in [-0.2, -0.15) is 0 Å². The minimum absolute atomic E-state index is 0.0990. The Morgan fingerprint density at radius 3 is 2.00 bits per heavy atom.